The fourth-order valence-electron chi connectivity index (χ4n) is 10.7. The minimum absolute atomic E-state index is 0.0234. The molecule has 7 heterocycles. The molecular formula is C47H54ClFN10O7. The highest BCUT2D eigenvalue weighted by Gasteiger charge is 2.52. The van der Waals surface area contributed by atoms with Crippen LogP contribution in [0.3, 0.4) is 0 Å². The second kappa shape index (κ2) is 17.4. The van der Waals surface area contributed by atoms with Crippen molar-refractivity contribution in [3.05, 3.63) is 74.9 Å². The Labute approximate surface area is 385 Å². The maximum Gasteiger partial charge on any atom is 0.293 e. The molecule has 1 spiro atoms. The molecule has 1 saturated carbocycles. The lowest BCUT2D eigenvalue weighted by Crippen LogP contribution is -2.64. The van der Waals surface area contributed by atoms with E-state index in [0.717, 1.165) is 82.3 Å². The van der Waals surface area contributed by atoms with Gasteiger partial charge in [0.25, 0.3) is 17.4 Å². The third kappa shape index (κ3) is 8.20. The van der Waals surface area contributed by atoms with Crippen LogP contribution in [0.5, 0.6) is 5.75 Å². The SMILES string of the molecule is CNC(=O)COc1cc2cc(Nc3nc(N4CCC(O[C@H]5C[C@H](N6CC7(CCN(c8ccc9c(c8F)CN(C8CCC(=O)NC8=O)C9=O)C7)C6)C5)CC4)ncc3Cl)ccc2n(C(C)C)c1=O. The Kier molecular flexibility index (Phi) is 11.6. The van der Waals surface area contributed by atoms with Gasteiger partial charge >= 0.3 is 0 Å². The number of benzene rings is 2. The van der Waals surface area contributed by atoms with Crippen LogP contribution in [-0.4, -0.2) is 125 Å². The number of likely N-dealkylation sites (N-methyl/N-ethyl adjacent to an activating group) is 1. The number of fused-ring (bicyclic) bond motifs is 2. The van der Waals surface area contributed by atoms with Crippen LogP contribution in [0.1, 0.15) is 80.8 Å². The van der Waals surface area contributed by atoms with Crippen LogP contribution in [0.25, 0.3) is 10.9 Å². The van der Waals surface area contributed by atoms with E-state index in [4.69, 9.17) is 26.1 Å². The van der Waals surface area contributed by atoms with Gasteiger partial charge in [-0.2, -0.15) is 4.98 Å². The summed E-state index contributed by atoms with van der Waals surface area (Å²) in [6, 6.07) is 10.2. The topological polar surface area (TPSA) is 184 Å². The van der Waals surface area contributed by atoms with Crippen molar-refractivity contribution >= 4 is 69.3 Å². The highest BCUT2D eigenvalue weighted by Crippen LogP contribution is 2.46. The van der Waals surface area contributed by atoms with E-state index in [-0.39, 0.29) is 78.7 Å². The van der Waals surface area contributed by atoms with E-state index in [1.165, 1.54) is 11.9 Å². The van der Waals surface area contributed by atoms with Crippen molar-refractivity contribution in [1.82, 2.24) is 35.0 Å². The van der Waals surface area contributed by atoms with Crippen LogP contribution < -0.4 is 36.0 Å². The fraction of sp³-hybridized carbons (Fsp3) is 0.511. The van der Waals surface area contributed by atoms with Crippen molar-refractivity contribution in [1.29, 1.82) is 0 Å². The molecule has 6 aliphatic rings. The molecule has 17 nitrogen and oxygen atoms in total. The first-order valence-corrected chi connectivity index (χ1v) is 23.3. The number of aromatic nitrogens is 3. The Morgan fingerprint density at radius 3 is 2.53 bits per heavy atom. The molecule has 348 valence electrons. The highest BCUT2D eigenvalue weighted by atomic mass is 35.5. The molecule has 4 saturated heterocycles. The first kappa shape index (κ1) is 44.0. The number of nitrogens with zero attached hydrogens (tertiary/aromatic N) is 7. The predicted octanol–water partition coefficient (Wildman–Crippen LogP) is 4.52. The van der Waals surface area contributed by atoms with Gasteiger partial charge in [0.15, 0.2) is 24.0 Å². The molecular weight excluding hydrogens is 871 g/mol. The van der Waals surface area contributed by atoms with Gasteiger partial charge in [-0.3, -0.25) is 34.2 Å². The zero-order valence-electron chi connectivity index (χ0n) is 37.3. The summed E-state index contributed by atoms with van der Waals surface area (Å²) in [5.41, 5.74) is 2.37. The first-order chi connectivity index (χ1) is 31.8. The predicted molar refractivity (Wildman–Crippen MR) is 245 cm³/mol. The molecule has 1 atom stereocenters. The molecule has 1 unspecified atom stereocenters. The number of pyridine rings is 1. The Bertz CT molecular complexity index is 2680. The summed E-state index contributed by atoms with van der Waals surface area (Å²) in [6.07, 6.45) is 7.07. The molecule has 5 aliphatic heterocycles. The van der Waals surface area contributed by atoms with E-state index in [9.17, 15) is 24.0 Å². The number of carbonyl (C=O) groups is 4. The van der Waals surface area contributed by atoms with Gasteiger partial charge in [-0.05, 0) is 88.8 Å². The normalized spacial score (nSPS) is 23.0. The number of nitrogens with one attached hydrogen (secondary N) is 3. The molecule has 10 rings (SSSR count). The third-order valence-electron chi connectivity index (χ3n) is 14.3. The minimum atomic E-state index is -0.776. The number of ether oxygens (including phenoxy) is 2. The lowest BCUT2D eigenvalue weighted by atomic mass is 9.74. The Hall–Kier alpha value is -5.85. The summed E-state index contributed by atoms with van der Waals surface area (Å²) in [7, 11) is 1.51. The minimum Gasteiger partial charge on any atom is -0.478 e. The second-order valence-electron chi connectivity index (χ2n) is 19.0. The number of halogens is 2. The number of piperidine rings is 2. The molecule has 2 aromatic heterocycles. The van der Waals surface area contributed by atoms with Crippen molar-refractivity contribution in [3.63, 3.8) is 0 Å². The maximum absolute atomic E-state index is 16.1. The number of likely N-dealkylation sites (tertiary alicyclic amines) is 1. The van der Waals surface area contributed by atoms with Crippen LogP contribution in [-0.2, 0) is 25.7 Å². The third-order valence-corrected chi connectivity index (χ3v) is 14.6. The second-order valence-corrected chi connectivity index (χ2v) is 19.4. The van der Waals surface area contributed by atoms with E-state index in [0.29, 0.717) is 45.3 Å². The van der Waals surface area contributed by atoms with Gasteiger partial charge in [0.05, 0.1) is 36.2 Å². The molecule has 1 aliphatic carbocycles. The summed E-state index contributed by atoms with van der Waals surface area (Å²) < 4.78 is 29.9. The maximum atomic E-state index is 16.1. The average Bonchev–Trinajstić information content (AvgIpc) is 3.87. The number of amides is 4. The van der Waals surface area contributed by atoms with Gasteiger partial charge in [-0.15, -0.1) is 0 Å². The Balaban J connectivity index is 0.690. The first-order valence-electron chi connectivity index (χ1n) is 22.9. The van der Waals surface area contributed by atoms with E-state index in [1.807, 2.05) is 32.0 Å². The number of anilines is 4. The van der Waals surface area contributed by atoms with Crippen LogP contribution in [0.15, 0.2) is 47.4 Å². The molecule has 0 bridgehead atoms. The number of rotatable bonds is 12. The van der Waals surface area contributed by atoms with Gasteiger partial charge in [0.1, 0.15) is 11.1 Å². The van der Waals surface area contributed by atoms with Gasteiger partial charge in [0.2, 0.25) is 17.8 Å². The van der Waals surface area contributed by atoms with Crippen molar-refractivity contribution in [3.8, 4) is 5.75 Å². The van der Waals surface area contributed by atoms with Crippen molar-refractivity contribution < 1.29 is 33.0 Å². The summed E-state index contributed by atoms with van der Waals surface area (Å²) in [5, 5.41) is 9.25. The van der Waals surface area contributed by atoms with Gasteiger partial charge in [0, 0.05) is 92.4 Å². The lowest BCUT2D eigenvalue weighted by Gasteiger charge is -2.56. The van der Waals surface area contributed by atoms with Crippen LogP contribution in [0, 0.1) is 11.2 Å². The molecule has 2 aromatic carbocycles. The number of hydrogen-bond acceptors (Lipinski definition) is 13. The average molecular weight is 925 g/mol. The van der Waals surface area contributed by atoms with Crippen molar-refractivity contribution in [2.45, 2.75) is 95.7 Å². The van der Waals surface area contributed by atoms with Crippen molar-refractivity contribution in [2.24, 2.45) is 5.41 Å². The van der Waals surface area contributed by atoms with Gasteiger partial charge in [-0.1, -0.05) is 11.6 Å². The quantitative estimate of drug-likeness (QED) is 0.169. The summed E-state index contributed by atoms with van der Waals surface area (Å²) >= 11 is 6.60. The van der Waals surface area contributed by atoms with Gasteiger partial charge in [-0.25, -0.2) is 9.37 Å². The van der Waals surface area contributed by atoms with E-state index in [2.05, 4.69) is 35.6 Å². The molecule has 19 heteroatoms. The molecule has 3 N–H and O–H groups in total. The molecule has 4 aromatic rings. The smallest absolute Gasteiger partial charge is 0.293 e. The monoisotopic (exact) mass is 924 g/mol. The highest BCUT2D eigenvalue weighted by molar-refractivity contribution is 6.33. The fourth-order valence-corrected chi connectivity index (χ4v) is 10.8. The Morgan fingerprint density at radius 2 is 1.79 bits per heavy atom. The van der Waals surface area contributed by atoms with E-state index >= 15 is 4.39 Å². The summed E-state index contributed by atoms with van der Waals surface area (Å²) in [4.78, 5) is 80.0. The molecule has 66 heavy (non-hydrogen) atoms. The van der Waals surface area contributed by atoms with Crippen LogP contribution in [0.4, 0.5) is 27.5 Å². The molecule has 0 radical (unpaired) electrons. The van der Waals surface area contributed by atoms with Crippen molar-refractivity contribution in [2.75, 3.05) is 68.0 Å². The van der Waals surface area contributed by atoms with E-state index < -0.39 is 17.8 Å². The standard InChI is InChI=1S/C47H54ClFN10O7/c1-26(2)59-35-6-4-28(16-27(35)17-38(45(59)64)65-22-40(61)50-3)52-42-34(48)20-51-46(54-42)55-13-10-30(11-14-55)66-31-18-29(19-31)57-24-47(25-57)12-15-56(23-47)36-7-5-32-33(41(36)49)21-58(44(32)63)37-8-9-39(60)53-43(37)62/h4-7,16-17,20,26,29-31,37H,8-15,18-19,21-25H2,1-3H3,(H,50,61)(H,51,52,54)(H,53,60,62)/t29-,31-,37?. The molecule has 4 amide bonds. The van der Waals surface area contributed by atoms with Crippen LogP contribution in [0.2, 0.25) is 5.02 Å². The largest absolute Gasteiger partial charge is 0.478 e. The molecule has 5 fully saturated rings. The number of carbonyl (C=O) groups excluding carboxylic acids is 4. The zero-order chi connectivity index (χ0) is 46.0. The lowest BCUT2D eigenvalue weighted by molar-refractivity contribution is -0.137. The van der Waals surface area contributed by atoms with Crippen LogP contribution >= 0.6 is 11.6 Å². The Morgan fingerprint density at radius 1 is 1.00 bits per heavy atom. The summed E-state index contributed by atoms with van der Waals surface area (Å²) in [5.74, 6) is -0.831. The van der Waals surface area contributed by atoms with E-state index in [1.54, 1.807) is 29.0 Å². The number of hydrogen-bond donors (Lipinski definition) is 3. The number of imide groups is 1. The summed E-state index contributed by atoms with van der Waals surface area (Å²) in [6.45, 7) is 8.54. The van der Waals surface area contributed by atoms with Gasteiger partial charge < -0.3 is 39.4 Å². The zero-order valence-corrected chi connectivity index (χ0v) is 38.0.